The molecule has 5 aliphatic carbocycles. The Balaban J connectivity index is 1.32. The van der Waals surface area contributed by atoms with Crippen LogP contribution in [-0.4, -0.2) is 42.1 Å². The van der Waals surface area contributed by atoms with E-state index in [2.05, 4.69) is 13.5 Å². The van der Waals surface area contributed by atoms with Crippen LogP contribution in [0.3, 0.4) is 0 Å². The molecule has 8 unspecified atom stereocenters. The maximum absolute atomic E-state index is 13.8. The van der Waals surface area contributed by atoms with E-state index in [0.29, 0.717) is 34.8 Å². The van der Waals surface area contributed by atoms with Crippen molar-refractivity contribution in [3.05, 3.63) is 56.9 Å². The Labute approximate surface area is 237 Å². The van der Waals surface area contributed by atoms with Crippen molar-refractivity contribution in [1.29, 1.82) is 0 Å². The Morgan fingerprint density at radius 2 is 1.74 bits per heavy atom. The first-order valence-corrected chi connectivity index (χ1v) is 15.9. The Kier molecular flexibility index (Phi) is 7.09. The van der Waals surface area contributed by atoms with Gasteiger partial charge in [-0.05, 0) is 96.6 Å². The number of Topliss-reactive ketones (excluding diaryl/α,β-unsaturated/α-hetero) is 1. The first kappa shape index (κ1) is 26.9. The predicted molar refractivity (Wildman–Crippen MR) is 150 cm³/mol. The molecule has 8 heteroatoms. The van der Waals surface area contributed by atoms with E-state index in [9.17, 15) is 19.5 Å². The lowest BCUT2D eigenvalue weighted by molar-refractivity contribution is -0.209. The molecule has 6 nitrogen and oxygen atoms in total. The van der Waals surface area contributed by atoms with Gasteiger partial charge in [-0.25, -0.2) is 9.59 Å². The van der Waals surface area contributed by atoms with Crippen LogP contribution in [0.5, 0.6) is 0 Å². The van der Waals surface area contributed by atoms with Gasteiger partial charge in [0.1, 0.15) is 9.75 Å². The lowest BCUT2D eigenvalue weighted by Crippen LogP contribution is -2.68. The summed E-state index contributed by atoms with van der Waals surface area (Å²) in [6.07, 6.45) is 4.68. The largest absolute Gasteiger partial charge is 0.461 e. The second kappa shape index (κ2) is 10.3. The van der Waals surface area contributed by atoms with Gasteiger partial charge in [-0.15, -0.1) is 22.7 Å². The van der Waals surface area contributed by atoms with Gasteiger partial charge < -0.3 is 14.6 Å². The number of allylic oxidation sites excluding steroid dienone is 1. The van der Waals surface area contributed by atoms with Crippen molar-refractivity contribution in [2.75, 3.05) is 13.2 Å². The minimum Gasteiger partial charge on any atom is -0.461 e. The number of esters is 2. The Bertz CT molecular complexity index is 1250. The highest BCUT2D eigenvalue weighted by molar-refractivity contribution is 7.12. The molecule has 5 saturated carbocycles. The molecule has 7 rings (SSSR count). The van der Waals surface area contributed by atoms with Gasteiger partial charge in [0.15, 0.2) is 5.78 Å². The first-order valence-electron chi connectivity index (χ1n) is 14.1. The number of thiophene rings is 2. The van der Waals surface area contributed by atoms with E-state index >= 15 is 0 Å². The van der Waals surface area contributed by atoms with Gasteiger partial charge in [0.25, 0.3) is 0 Å². The van der Waals surface area contributed by atoms with E-state index in [1.165, 1.54) is 22.7 Å². The molecule has 5 aliphatic rings. The number of ketones is 1. The quantitative estimate of drug-likeness (QED) is 0.331. The van der Waals surface area contributed by atoms with Crippen LogP contribution < -0.4 is 0 Å². The molecule has 0 saturated heterocycles. The number of carbonyl (C=O) groups excluding carboxylic acids is 3. The molecule has 0 amide bonds. The van der Waals surface area contributed by atoms with Crippen LogP contribution in [0, 0.1) is 40.4 Å². The first-order chi connectivity index (χ1) is 18.8. The SMILES string of the molecule is C=C1C(=O)C23CCC1CC2C1(COC(=O)c2cccs2)CCCC(COC(=O)c2cccs2)C(C)C1CC3O. The Morgan fingerprint density at radius 3 is 2.41 bits per heavy atom. The smallest absolute Gasteiger partial charge is 0.348 e. The van der Waals surface area contributed by atoms with E-state index < -0.39 is 16.9 Å². The van der Waals surface area contributed by atoms with Crippen molar-refractivity contribution < 1.29 is 29.0 Å². The van der Waals surface area contributed by atoms with Gasteiger partial charge >= 0.3 is 11.9 Å². The van der Waals surface area contributed by atoms with E-state index in [1.54, 1.807) is 12.1 Å². The molecular weight excluding hydrogens is 532 g/mol. The number of ether oxygens (including phenoxy) is 2. The van der Waals surface area contributed by atoms with Crippen molar-refractivity contribution in [2.24, 2.45) is 40.4 Å². The monoisotopic (exact) mass is 568 g/mol. The zero-order valence-corrected chi connectivity index (χ0v) is 23.9. The highest BCUT2D eigenvalue weighted by Crippen LogP contribution is 2.69. The molecule has 0 radical (unpaired) electrons. The second-order valence-electron chi connectivity index (χ2n) is 12.2. The highest BCUT2D eigenvalue weighted by atomic mass is 32.1. The number of aliphatic hydroxyl groups is 1. The lowest BCUT2D eigenvalue weighted by atomic mass is 9.38. The maximum Gasteiger partial charge on any atom is 0.348 e. The van der Waals surface area contributed by atoms with Crippen molar-refractivity contribution in [3.63, 3.8) is 0 Å². The van der Waals surface area contributed by atoms with Crippen LogP contribution in [0.1, 0.15) is 71.2 Å². The zero-order valence-electron chi connectivity index (χ0n) is 22.3. The Morgan fingerprint density at radius 1 is 1.05 bits per heavy atom. The third-order valence-corrected chi connectivity index (χ3v) is 12.4. The van der Waals surface area contributed by atoms with Crippen molar-refractivity contribution in [2.45, 2.75) is 58.0 Å². The fourth-order valence-electron chi connectivity index (χ4n) is 8.73. The molecule has 0 aromatic carbocycles. The van der Waals surface area contributed by atoms with Gasteiger partial charge in [0.05, 0.1) is 24.7 Å². The van der Waals surface area contributed by atoms with E-state index in [4.69, 9.17) is 9.47 Å². The number of aliphatic hydroxyl groups excluding tert-OH is 1. The Hall–Kier alpha value is -2.29. The van der Waals surface area contributed by atoms with Gasteiger partial charge in [-0.2, -0.15) is 0 Å². The minimum absolute atomic E-state index is 0.0308. The predicted octanol–water partition coefficient (Wildman–Crippen LogP) is 6.17. The molecule has 0 aliphatic heterocycles. The summed E-state index contributed by atoms with van der Waals surface area (Å²) in [4.78, 5) is 40.6. The van der Waals surface area contributed by atoms with Gasteiger partial charge in [-0.3, -0.25) is 4.79 Å². The average molecular weight is 569 g/mol. The van der Waals surface area contributed by atoms with Crippen molar-refractivity contribution in [1.82, 2.24) is 0 Å². The molecule has 208 valence electrons. The number of fused-ring (bicyclic) bond motifs is 3. The van der Waals surface area contributed by atoms with Crippen LogP contribution >= 0.6 is 22.7 Å². The summed E-state index contributed by atoms with van der Waals surface area (Å²) < 4.78 is 11.9. The summed E-state index contributed by atoms with van der Waals surface area (Å²) in [7, 11) is 0. The molecule has 5 fully saturated rings. The molecule has 2 aromatic heterocycles. The molecule has 1 N–H and O–H groups in total. The van der Waals surface area contributed by atoms with E-state index in [1.807, 2.05) is 22.9 Å². The van der Waals surface area contributed by atoms with Crippen LogP contribution in [-0.2, 0) is 14.3 Å². The summed E-state index contributed by atoms with van der Waals surface area (Å²) in [5.74, 6) is -0.253. The standard InChI is InChI=1S/C31H36O6S2/c1-18-21(16-36-28(34)23-7-4-12-38-23)6-3-10-30(17-37-29(35)24-8-5-13-39-24)22(18)15-26(32)31-11-9-20(14-25(30)31)19(2)27(31)33/h4-5,7-8,12-13,18,20-22,25-26,32H,2-3,6,9-11,14-17H2,1H3. The average Bonchev–Trinajstić information content (AvgIpc) is 3.66. The molecule has 1 spiro atoms. The topological polar surface area (TPSA) is 89.9 Å². The number of hydrogen-bond donors (Lipinski definition) is 1. The van der Waals surface area contributed by atoms with E-state index in [0.717, 1.165) is 32.1 Å². The van der Waals surface area contributed by atoms with Crippen LogP contribution in [0.2, 0.25) is 0 Å². The normalized spacial score (nSPS) is 37.5. The molecule has 8 atom stereocenters. The van der Waals surface area contributed by atoms with E-state index in [-0.39, 0.29) is 53.9 Å². The van der Waals surface area contributed by atoms with Crippen molar-refractivity contribution in [3.8, 4) is 0 Å². The van der Waals surface area contributed by atoms with Gasteiger partial charge in [0.2, 0.25) is 0 Å². The number of carbonyl (C=O) groups is 3. The minimum atomic E-state index is -0.844. The summed E-state index contributed by atoms with van der Waals surface area (Å²) in [5, 5.41) is 15.5. The zero-order chi connectivity index (χ0) is 27.4. The van der Waals surface area contributed by atoms with Crippen LogP contribution in [0.4, 0.5) is 0 Å². The van der Waals surface area contributed by atoms with Crippen LogP contribution in [0.25, 0.3) is 0 Å². The fourth-order valence-corrected chi connectivity index (χ4v) is 9.96. The van der Waals surface area contributed by atoms with Crippen LogP contribution in [0.15, 0.2) is 47.2 Å². The molecular formula is C31H36O6S2. The lowest BCUT2D eigenvalue weighted by Gasteiger charge is -2.65. The number of hydrogen-bond acceptors (Lipinski definition) is 8. The fraction of sp³-hybridized carbons (Fsp3) is 0.581. The molecule has 2 bridgehead atoms. The summed E-state index contributed by atoms with van der Waals surface area (Å²) in [5.41, 5.74) is -0.601. The van der Waals surface area contributed by atoms with Gasteiger partial charge in [-0.1, -0.05) is 32.1 Å². The third kappa shape index (κ3) is 4.25. The summed E-state index contributed by atoms with van der Waals surface area (Å²) >= 11 is 2.74. The summed E-state index contributed by atoms with van der Waals surface area (Å²) in [6, 6.07) is 7.23. The molecule has 2 heterocycles. The molecule has 2 aromatic rings. The molecule has 39 heavy (non-hydrogen) atoms. The summed E-state index contributed by atoms with van der Waals surface area (Å²) in [6.45, 7) is 6.91. The number of rotatable bonds is 6. The maximum atomic E-state index is 13.8. The van der Waals surface area contributed by atoms with Gasteiger partial charge in [0, 0.05) is 5.41 Å². The van der Waals surface area contributed by atoms with Crippen molar-refractivity contribution >= 4 is 40.4 Å². The second-order valence-corrected chi connectivity index (χ2v) is 14.0. The third-order valence-electron chi connectivity index (χ3n) is 10.7. The highest BCUT2D eigenvalue weighted by Gasteiger charge is 2.70.